The van der Waals surface area contributed by atoms with Gasteiger partial charge in [0.25, 0.3) is 0 Å². The summed E-state index contributed by atoms with van der Waals surface area (Å²) in [5.74, 6) is -2.30. The first-order chi connectivity index (χ1) is 19.0. The predicted molar refractivity (Wildman–Crippen MR) is 150 cm³/mol. The van der Waals surface area contributed by atoms with E-state index in [-0.39, 0.29) is 29.5 Å². The molecule has 0 aliphatic carbocycles. The van der Waals surface area contributed by atoms with Crippen LogP contribution in [0.25, 0.3) is 11.1 Å². The number of carbonyl (C=O) groups is 2. The zero-order chi connectivity index (χ0) is 28.9. The van der Waals surface area contributed by atoms with Crippen LogP contribution < -0.4 is 5.32 Å². The fraction of sp³-hybridized carbons (Fsp3) is 0.344. The third-order valence-corrected chi connectivity index (χ3v) is 7.23. The number of benzene rings is 3. The molecule has 6 nitrogen and oxygen atoms in total. The SMILES string of the molecule is CC(C)(C)OC(=O)N1CCC(CCC(=O)Nc2ccc(F)c(F)c2)(c2ccc(-c3cccc(C#N)c3)cc2)CC1. The van der Waals surface area contributed by atoms with E-state index in [1.807, 2.05) is 63.2 Å². The van der Waals surface area contributed by atoms with E-state index in [1.54, 1.807) is 11.0 Å². The molecule has 0 bridgehead atoms. The van der Waals surface area contributed by atoms with Gasteiger partial charge in [-0.2, -0.15) is 5.26 Å². The molecule has 1 aliphatic heterocycles. The number of anilines is 1. The van der Waals surface area contributed by atoms with Crippen molar-refractivity contribution in [2.24, 2.45) is 0 Å². The lowest BCUT2D eigenvalue weighted by Crippen LogP contribution is -2.47. The van der Waals surface area contributed by atoms with E-state index in [1.165, 1.54) is 6.07 Å². The summed E-state index contributed by atoms with van der Waals surface area (Å²) >= 11 is 0. The summed E-state index contributed by atoms with van der Waals surface area (Å²) in [5, 5.41) is 11.9. The Morgan fingerprint density at radius 3 is 2.30 bits per heavy atom. The van der Waals surface area contributed by atoms with Crippen LogP contribution in [0, 0.1) is 23.0 Å². The van der Waals surface area contributed by atoms with E-state index < -0.39 is 17.2 Å². The first-order valence-corrected chi connectivity index (χ1v) is 13.3. The molecule has 2 amide bonds. The standard InChI is InChI=1S/C32H33F2N3O3/c1-31(2,3)40-30(39)37-17-15-32(16-18-37,14-13-29(38)36-26-11-12-27(33)28(34)20-26)25-9-7-23(8-10-25)24-6-4-5-22(19-24)21-35/h4-12,19-20H,13-18H2,1-3H3,(H,36,38). The number of hydrogen-bond donors (Lipinski definition) is 1. The second-order valence-corrected chi connectivity index (χ2v) is 11.2. The number of hydrogen-bond acceptors (Lipinski definition) is 4. The normalized spacial score (nSPS) is 14.8. The van der Waals surface area contributed by atoms with Crippen LogP contribution in [0.5, 0.6) is 0 Å². The maximum Gasteiger partial charge on any atom is 0.410 e. The minimum absolute atomic E-state index is 0.164. The summed E-state index contributed by atoms with van der Waals surface area (Å²) in [5.41, 5.74) is 2.76. The molecule has 208 valence electrons. The molecule has 0 unspecified atom stereocenters. The van der Waals surface area contributed by atoms with Gasteiger partial charge >= 0.3 is 6.09 Å². The fourth-order valence-electron chi connectivity index (χ4n) is 5.06. The minimum Gasteiger partial charge on any atom is -0.444 e. The molecule has 1 aliphatic rings. The molecule has 1 heterocycles. The number of ether oxygens (including phenoxy) is 1. The van der Waals surface area contributed by atoms with Gasteiger partial charge in [-0.1, -0.05) is 36.4 Å². The molecule has 3 aromatic rings. The van der Waals surface area contributed by atoms with Gasteiger partial charge in [0.1, 0.15) is 5.60 Å². The van der Waals surface area contributed by atoms with Gasteiger partial charge in [0.2, 0.25) is 5.91 Å². The largest absolute Gasteiger partial charge is 0.444 e. The van der Waals surface area contributed by atoms with Crippen LogP contribution in [0.15, 0.2) is 66.7 Å². The Morgan fingerprint density at radius 1 is 0.975 bits per heavy atom. The molecule has 1 fully saturated rings. The number of halogens is 2. The minimum atomic E-state index is -1.02. The molecule has 0 aromatic heterocycles. The van der Waals surface area contributed by atoms with Crippen LogP contribution in [0.3, 0.4) is 0 Å². The lowest BCUT2D eigenvalue weighted by atomic mass is 9.69. The van der Waals surface area contributed by atoms with Crippen LogP contribution in [-0.4, -0.2) is 35.6 Å². The van der Waals surface area contributed by atoms with E-state index in [9.17, 15) is 23.6 Å². The molecule has 1 saturated heterocycles. The highest BCUT2D eigenvalue weighted by Crippen LogP contribution is 2.41. The zero-order valence-corrected chi connectivity index (χ0v) is 23.0. The highest BCUT2D eigenvalue weighted by atomic mass is 19.2. The van der Waals surface area contributed by atoms with E-state index in [4.69, 9.17) is 4.74 Å². The lowest BCUT2D eigenvalue weighted by Gasteiger charge is -2.42. The van der Waals surface area contributed by atoms with Gasteiger partial charge in [-0.15, -0.1) is 0 Å². The summed E-state index contributed by atoms with van der Waals surface area (Å²) < 4.78 is 32.4. The number of nitrogens with one attached hydrogen (secondary N) is 1. The Morgan fingerprint density at radius 2 is 1.68 bits per heavy atom. The third-order valence-electron chi connectivity index (χ3n) is 7.23. The zero-order valence-electron chi connectivity index (χ0n) is 23.0. The number of nitriles is 1. The van der Waals surface area contributed by atoms with Crippen LogP contribution >= 0.6 is 0 Å². The Labute approximate surface area is 233 Å². The van der Waals surface area contributed by atoms with Crippen LogP contribution in [0.1, 0.15) is 57.6 Å². The molecule has 40 heavy (non-hydrogen) atoms. The smallest absolute Gasteiger partial charge is 0.410 e. The van der Waals surface area contributed by atoms with Gasteiger partial charge in [-0.25, -0.2) is 13.6 Å². The summed E-state index contributed by atoms with van der Waals surface area (Å²) in [6, 6.07) is 20.9. The maximum absolute atomic E-state index is 13.6. The van der Waals surface area contributed by atoms with Gasteiger partial charge in [0.15, 0.2) is 11.6 Å². The number of likely N-dealkylation sites (tertiary alicyclic amines) is 1. The second kappa shape index (κ2) is 11.9. The Kier molecular flexibility index (Phi) is 8.53. The van der Waals surface area contributed by atoms with E-state index in [0.29, 0.717) is 37.9 Å². The van der Waals surface area contributed by atoms with E-state index in [2.05, 4.69) is 11.4 Å². The highest BCUT2D eigenvalue weighted by molar-refractivity contribution is 5.90. The van der Waals surface area contributed by atoms with Crippen LogP contribution in [-0.2, 0) is 14.9 Å². The average molecular weight is 546 g/mol. The first-order valence-electron chi connectivity index (χ1n) is 13.3. The number of amides is 2. The molecular weight excluding hydrogens is 512 g/mol. The van der Waals surface area contributed by atoms with Gasteiger partial charge in [0, 0.05) is 31.3 Å². The van der Waals surface area contributed by atoms with Gasteiger partial charge < -0.3 is 15.0 Å². The van der Waals surface area contributed by atoms with Crippen molar-refractivity contribution in [1.82, 2.24) is 4.90 Å². The number of carbonyl (C=O) groups excluding carboxylic acids is 2. The van der Waals surface area contributed by atoms with Crippen LogP contribution in [0.4, 0.5) is 19.3 Å². The Balaban J connectivity index is 1.53. The van der Waals surface area contributed by atoms with Gasteiger partial charge in [-0.3, -0.25) is 4.79 Å². The average Bonchev–Trinajstić information content (AvgIpc) is 2.93. The van der Waals surface area contributed by atoms with Crippen molar-refractivity contribution in [3.8, 4) is 17.2 Å². The molecule has 8 heteroatoms. The predicted octanol–water partition coefficient (Wildman–Crippen LogP) is 7.19. The summed E-state index contributed by atoms with van der Waals surface area (Å²) in [4.78, 5) is 27.2. The van der Waals surface area contributed by atoms with Crippen molar-refractivity contribution in [2.75, 3.05) is 18.4 Å². The van der Waals surface area contributed by atoms with Crippen LogP contribution in [0.2, 0.25) is 0 Å². The molecule has 3 aromatic carbocycles. The molecule has 0 radical (unpaired) electrons. The monoisotopic (exact) mass is 545 g/mol. The molecular formula is C32H33F2N3O3. The Bertz CT molecular complexity index is 1420. The quantitative estimate of drug-likeness (QED) is 0.355. The van der Waals surface area contributed by atoms with Crippen molar-refractivity contribution >= 4 is 17.7 Å². The molecule has 4 rings (SSSR count). The summed E-state index contributed by atoms with van der Waals surface area (Å²) in [6.45, 7) is 6.45. The fourth-order valence-corrected chi connectivity index (χ4v) is 5.06. The lowest BCUT2D eigenvalue weighted by molar-refractivity contribution is -0.116. The number of rotatable bonds is 6. The number of piperidine rings is 1. The molecule has 0 atom stereocenters. The van der Waals surface area contributed by atoms with E-state index in [0.717, 1.165) is 28.8 Å². The van der Waals surface area contributed by atoms with Crippen molar-refractivity contribution in [2.45, 2.75) is 57.5 Å². The maximum atomic E-state index is 13.6. The number of nitrogens with zero attached hydrogens (tertiary/aromatic N) is 2. The summed E-state index contributed by atoms with van der Waals surface area (Å²) in [7, 11) is 0. The Hall–Kier alpha value is -4.25. The first kappa shape index (κ1) is 28.8. The van der Waals surface area contributed by atoms with Crippen molar-refractivity contribution in [3.63, 3.8) is 0 Å². The van der Waals surface area contributed by atoms with Gasteiger partial charge in [0.05, 0.1) is 11.6 Å². The highest BCUT2D eigenvalue weighted by Gasteiger charge is 2.38. The van der Waals surface area contributed by atoms with E-state index >= 15 is 0 Å². The molecule has 0 spiro atoms. The topological polar surface area (TPSA) is 82.4 Å². The van der Waals surface area contributed by atoms with Crippen molar-refractivity contribution in [3.05, 3.63) is 89.5 Å². The third kappa shape index (κ3) is 7.03. The molecule has 0 saturated carbocycles. The summed E-state index contributed by atoms with van der Waals surface area (Å²) in [6.07, 6.45) is 1.58. The van der Waals surface area contributed by atoms with Gasteiger partial charge in [-0.05, 0) is 86.4 Å². The van der Waals surface area contributed by atoms with Crippen molar-refractivity contribution in [1.29, 1.82) is 5.26 Å². The second-order valence-electron chi connectivity index (χ2n) is 11.2. The van der Waals surface area contributed by atoms with Crippen molar-refractivity contribution < 1.29 is 23.1 Å². The molecule has 1 N–H and O–H groups in total.